The molecule has 1 saturated carbocycles. The number of hydrogen-bond donors (Lipinski definition) is 0. The molecule has 4 atom stereocenters. The van der Waals surface area contributed by atoms with Gasteiger partial charge in [-0.3, -0.25) is 14.6 Å². The summed E-state index contributed by atoms with van der Waals surface area (Å²) < 4.78 is 16.1. The molecule has 31 heavy (non-hydrogen) atoms. The van der Waals surface area contributed by atoms with E-state index < -0.39 is 29.7 Å². The first-order valence-electron chi connectivity index (χ1n) is 10.6. The van der Waals surface area contributed by atoms with Crippen LogP contribution in [0.3, 0.4) is 0 Å². The molecule has 2 aliphatic rings. The fraction of sp³-hybridized carbons (Fsp3) is 0.500. The molecule has 7 nitrogen and oxygen atoms in total. The number of carbonyl (C=O) groups excluding carboxylic acids is 3. The van der Waals surface area contributed by atoms with Crippen molar-refractivity contribution in [1.29, 1.82) is 0 Å². The molecule has 0 spiro atoms. The summed E-state index contributed by atoms with van der Waals surface area (Å²) in [6.45, 7) is 7.45. The maximum Gasteiger partial charge on any atom is 0.336 e. The van der Waals surface area contributed by atoms with E-state index in [9.17, 15) is 14.4 Å². The number of nitrogens with zero attached hydrogens (tertiary/aromatic N) is 1. The maximum atomic E-state index is 13.7. The Labute approximate surface area is 182 Å². The zero-order valence-corrected chi connectivity index (χ0v) is 18.6. The number of benzene rings is 1. The van der Waals surface area contributed by atoms with Gasteiger partial charge in [-0.15, -0.1) is 0 Å². The van der Waals surface area contributed by atoms with Gasteiger partial charge in [-0.25, -0.2) is 4.79 Å². The molecule has 1 heterocycles. The second kappa shape index (κ2) is 9.45. The lowest BCUT2D eigenvalue weighted by Gasteiger charge is -2.40. The monoisotopic (exact) mass is 427 g/mol. The Bertz CT molecular complexity index is 947. The van der Waals surface area contributed by atoms with Gasteiger partial charge >= 0.3 is 11.9 Å². The lowest BCUT2D eigenvalue weighted by atomic mass is 9.63. The molecular weight excluding hydrogens is 398 g/mol. The molecule has 1 fully saturated rings. The number of ether oxygens (including phenoxy) is 3. The largest absolute Gasteiger partial charge is 0.496 e. The van der Waals surface area contributed by atoms with Gasteiger partial charge in [-0.1, -0.05) is 25.1 Å². The van der Waals surface area contributed by atoms with Gasteiger partial charge in [-0.2, -0.15) is 0 Å². The van der Waals surface area contributed by atoms with Crippen LogP contribution < -0.4 is 4.74 Å². The van der Waals surface area contributed by atoms with Gasteiger partial charge in [0.25, 0.3) is 0 Å². The van der Waals surface area contributed by atoms with Crippen LogP contribution in [0.15, 0.2) is 40.5 Å². The van der Waals surface area contributed by atoms with Crippen molar-refractivity contribution < 1.29 is 28.6 Å². The third kappa shape index (κ3) is 4.13. The number of rotatable bonds is 6. The SMILES string of the molecule is CCOC(=O)C1=C(C)N=C2C[C@H](C)[C@H](C(=O)OCC)C(=O)C2[C@@H]1c1ccccc1OC. The first-order valence-corrected chi connectivity index (χ1v) is 10.6. The van der Waals surface area contributed by atoms with Crippen LogP contribution in [0.2, 0.25) is 0 Å². The minimum absolute atomic E-state index is 0.198. The number of para-hydroxylation sites is 1. The molecule has 1 aliphatic heterocycles. The predicted molar refractivity (Wildman–Crippen MR) is 115 cm³/mol. The zero-order chi connectivity index (χ0) is 22.7. The minimum Gasteiger partial charge on any atom is -0.496 e. The molecule has 0 N–H and O–H groups in total. The molecular formula is C24H29NO6. The van der Waals surface area contributed by atoms with Crippen LogP contribution >= 0.6 is 0 Å². The molecule has 1 aliphatic carbocycles. The third-order valence-electron chi connectivity index (χ3n) is 5.93. The number of Topliss-reactive ketones (excluding diaryl/α,β-unsaturated/α-hetero) is 1. The number of aliphatic imine (C=N–C) groups is 1. The predicted octanol–water partition coefficient (Wildman–Crippen LogP) is 3.47. The highest BCUT2D eigenvalue weighted by atomic mass is 16.5. The van der Waals surface area contributed by atoms with E-state index in [1.54, 1.807) is 33.9 Å². The zero-order valence-electron chi connectivity index (χ0n) is 18.6. The normalized spacial score (nSPS) is 25.5. The van der Waals surface area contributed by atoms with Gasteiger partial charge in [0.15, 0.2) is 5.78 Å². The van der Waals surface area contributed by atoms with E-state index in [0.717, 1.165) is 0 Å². The highest BCUT2D eigenvalue weighted by molar-refractivity contribution is 6.17. The summed E-state index contributed by atoms with van der Waals surface area (Å²) in [5, 5.41) is 0. The molecule has 0 amide bonds. The Kier molecular flexibility index (Phi) is 6.93. The molecule has 166 valence electrons. The third-order valence-corrected chi connectivity index (χ3v) is 5.93. The quantitative estimate of drug-likeness (QED) is 0.510. The Balaban J connectivity index is 2.19. The van der Waals surface area contributed by atoms with E-state index in [1.165, 1.54) is 0 Å². The summed E-state index contributed by atoms with van der Waals surface area (Å²) in [4.78, 5) is 43.9. The summed E-state index contributed by atoms with van der Waals surface area (Å²) in [5.74, 6) is -3.31. The molecule has 3 rings (SSSR count). The van der Waals surface area contributed by atoms with E-state index in [4.69, 9.17) is 14.2 Å². The maximum absolute atomic E-state index is 13.7. The number of hydrogen-bond acceptors (Lipinski definition) is 7. The van der Waals surface area contributed by atoms with E-state index in [1.807, 2.05) is 25.1 Å². The topological polar surface area (TPSA) is 91.3 Å². The van der Waals surface area contributed by atoms with Gasteiger partial charge in [0.1, 0.15) is 11.7 Å². The van der Waals surface area contributed by atoms with Crippen LogP contribution in [-0.2, 0) is 23.9 Å². The summed E-state index contributed by atoms with van der Waals surface area (Å²) in [5.41, 5.74) is 2.22. The highest BCUT2D eigenvalue weighted by Gasteiger charge is 2.52. The first-order chi connectivity index (χ1) is 14.8. The standard InChI is InChI=1S/C24H29NO6/c1-6-30-23(27)18-13(3)12-16-21(22(18)26)20(15-10-8-9-11-17(15)29-5)19(14(4)25-16)24(28)31-7-2/h8-11,13,18,20-21H,6-7,12H2,1-5H3/t13-,18-,20+,21?/m0/s1. The Morgan fingerprint density at radius 1 is 1.10 bits per heavy atom. The summed E-state index contributed by atoms with van der Waals surface area (Å²) >= 11 is 0. The lowest BCUT2D eigenvalue weighted by molar-refractivity contribution is -0.154. The van der Waals surface area contributed by atoms with Crippen molar-refractivity contribution in [3.63, 3.8) is 0 Å². The molecule has 0 aromatic heterocycles. The van der Waals surface area contributed by atoms with Crippen molar-refractivity contribution in [2.45, 2.75) is 40.0 Å². The second-order valence-corrected chi connectivity index (χ2v) is 7.83. The number of carbonyl (C=O) groups is 3. The van der Waals surface area contributed by atoms with Crippen LogP contribution in [0.25, 0.3) is 0 Å². The van der Waals surface area contributed by atoms with Gasteiger partial charge in [0.2, 0.25) is 0 Å². The summed E-state index contributed by atoms with van der Waals surface area (Å²) in [7, 11) is 1.55. The number of esters is 2. The fourth-order valence-electron chi connectivity index (χ4n) is 4.67. The molecule has 1 unspecified atom stereocenters. The summed E-state index contributed by atoms with van der Waals surface area (Å²) in [6.07, 6.45) is 0.471. The fourth-order valence-corrected chi connectivity index (χ4v) is 4.67. The Hall–Kier alpha value is -2.96. The van der Waals surface area contributed by atoms with Crippen molar-refractivity contribution in [3.05, 3.63) is 41.1 Å². The average Bonchev–Trinajstić information content (AvgIpc) is 2.73. The number of methoxy groups -OCH3 is 1. The van der Waals surface area contributed by atoms with Crippen LogP contribution in [0.1, 0.15) is 45.6 Å². The first kappa shape index (κ1) is 22.7. The van der Waals surface area contributed by atoms with E-state index in [0.29, 0.717) is 34.7 Å². The van der Waals surface area contributed by atoms with Gasteiger partial charge in [0.05, 0.1) is 31.8 Å². The molecule has 1 aromatic carbocycles. The van der Waals surface area contributed by atoms with Crippen molar-refractivity contribution in [2.75, 3.05) is 20.3 Å². The number of allylic oxidation sites excluding steroid dienone is 1. The average molecular weight is 427 g/mol. The lowest BCUT2D eigenvalue weighted by Crippen LogP contribution is -2.49. The van der Waals surface area contributed by atoms with Crippen molar-refractivity contribution >= 4 is 23.4 Å². The second-order valence-electron chi connectivity index (χ2n) is 7.83. The van der Waals surface area contributed by atoms with Crippen molar-refractivity contribution in [1.82, 2.24) is 0 Å². The Morgan fingerprint density at radius 3 is 2.42 bits per heavy atom. The molecule has 7 heteroatoms. The highest BCUT2D eigenvalue weighted by Crippen LogP contribution is 2.47. The van der Waals surface area contributed by atoms with E-state index in [2.05, 4.69) is 4.99 Å². The molecule has 0 radical (unpaired) electrons. The number of fused-ring (bicyclic) bond motifs is 1. The Morgan fingerprint density at radius 2 is 1.77 bits per heavy atom. The van der Waals surface area contributed by atoms with Gasteiger partial charge in [0, 0.05) is 22.9 Å². The van der Waals surface area contributed by atoms with Gasteiger partial charge in [-0.05, 0) is 39.2 Å². The molecule has 0 bridgehead atoms. The van der Waals surface area contributed by atoms with Crippen LogP contribution in [-0.4, -0.2) is 43.8 Å². The molecule has 0 saturated heterocycles. The van der Waals surface area contributed by atoms with E-state index in [-0.39, 0.29) is 24.9 Å². The molecule has 1 aromatic rings. The van der Waals surface area contributed by atoms with Gasteiger partial charge < -0.3 is 14.2 Å². The van der Waals surface area contributed by atoms with Crippen LogP contribution in [0.4, 0.5) is 0 Å². The van der Waals surface area contributed by atoms with Crippen molar-refractivity contribution in [3.8, 4) is 5.75 Å². The number of ketones is 1. The van der Waals surface area contributed by atoms with Crippen LogP contribution in [0, 0.1) is 17.8 Å². The minimum atomic E-state index is -0.900. The van der Waals surface area contributed by atoms with E-state index >= 15 is 0 Å². The van der Waals surface area contributed by atoms with Crippen LogP contribution in [0.5, 0.6) is 5.75 Å². The smallest absolute Gasteiger partial charge is 0.336 e. The van der Waals surface area contributed by atoms with Crippen molar-refractivity contribution in [2.24, 2.45) is 22.7 Å². The summed E-state index contributed by atoms with van der Waals surface area (Å²) in [6, 6.07) is 7.29.